The molecule has 1 aromatic heterocycles. The van der Waals surface area contributed by atoms with Crippen LogP contribution in [0.1, 0.15) is 6.92 Å². The first-order chi connectivity index (χ1) is 8.69. The Balaban J connectivity index is 2.47. The van der Waals surface area contributed by atoms with Crippen LogP contribution >= 0.6 is 12.2 Å². The molecule has 6 heteroatoms. The van der Waals surface area contributed by atoms with Gasteiger partial charge in [-0.05, 0) is 31.3 Å². The van der Waals surface area contributed by atoms with Gasteiger partial charge in [0.15, 0.2) is 4.77 Å². The predicted molar refractivity (Wildman–Crippen MR) is 74.1 cm³/mol. The molecule has 0 saturated carbocycles. The Morgan fingerprint density at radius 1 is 1.44 bits per heavy atom. The molecule has 5 nitrogen and oxygen atoms in total. The molecule has 0 bridgehead atoms. The monoisotopic (exact) mass is 264 g/mol. The van der Waals surface area contributed by atoms with Crippen molar-refractivity contribution in [3.05, 3.63) is 29.0 Å². The second kappa shape index (κ2) is 5.22. The highest BCUT2D eigenvalue weighted by atomic mass is 32.1. The minimum absolute atomic E-state index is 0.620. The quantitative estimate of drug-likeness (QED) is 0.863. The van der Waals surface area contributed by atoms with Crippen molar-refractivity contribution in [1.29, 1.82) is 0 Å². The summed E-state index contributed by atoms with van der Waals surface area (Å²) in [5, 5.41) is 7.06. The van der Waals surface area contributed by atoms with Gasteiger partial charge in [0.25, 0.3) is 0 Å². The fraction of sp³-hybridized carbons (Fsp3) is 0.333. The van der Waals surface area contributed by atoms with E-state index in [-0.39, 0.29) is 0 Å². The van der Waals surface area contributed by atoms with Gasteiger partial charge in [-0.2, -0.15) is 0 Å². The summed E-state index contributed by atoms with van der Waals surface area (Å²) in [7, 11) is 3.60. The van der Waals surface area contributed by atoms with Crippen LogP contribution < -0.4 is 9.64 Å². The van der Waals surface area contributed by atoms with Crippen molar-refractivity contribution in [2.24, 2.45) is 0 Å². The van der Waals surface area contributed by atoms with Crippen LogP contribution in [0.25, 0.3) is 0 Å². The lowest BCUT2D eigenvalue weighted by molar-refractivity contribution is 0.415. The standard InChI is InChI=1S/C12H16N4OS/c1-4-16-11(13-14-12(16)18)15(2)9-7-5-6-8-10(9)17-3/h5-8H,4H2,1-3H3,(H,14,18). The van der Waals surface area contributed by atoms with Crippen molar-refractivity contribution in [2.45, 2.75) is 13.5 Å². The highest BCUT2D eigenvalue weighted by Gasteiger charge is 2.14. The molecular weight excluding hydrogens is 248 g/mol. The average Bonchev–Trinajstić information content (AvgIpc) is 2.78. The maximum atomic E-state index is 5.35. The average molecular weight is 264 g/mol. The zero-order valence-electron chi connectivity index (χ0n) is 10.7. The van der Waals surface area contributed by atoms with Gasteiger partial charge in [0.1, 0.15) is 5.75 Å². The van der Waals surface area contributed by atoms with Gasteiger partial charge in [0.05, 0.1) is 12.8 Å². The van der Waals surface area contributed by atoms with Crippen molar-refractivity contribution >= 4 is 23.9 Å². The molecule has 2 rings (SSSR count). The number of aromatic amines is 1. The molecule has 0 unspecified atom stereocenters. The third kappa shape index (κ3) is 2.11. The fourth-order valence-electron chi connectivity index (χ4n) is 1.87. The van der Waals surface area contributed by atoms with Gasteiger partial charge < -0.3 is 9.64 Å². The number of methoxy groups -OCH3 is 1. The Labute approximate surface area is 111 Å². The summed E-state index contributed by atoms with van der Waals surface area (Å²) in [5.41, 5.74) is 0.948. The number of ether oxygens (including phenoxy) is 1. The predicted octanol–water partition coefficient (Wildman–Crippen LogP) is 2.74. The van der Waals surface area contributed by atoms with Crippen molar-refractivity contribution in [3.8, 4) is 5.75 Å². The normalized spacial score (nSPS) is 10.4. The van der Waals surface area contributed by atoms with E-state index in [0.717, 1.165) is 23.9 Å². The minimum atomic E-state index is 0.620. The number of nitrogens with zero attached hydrogens (tertiary/aromatic N) is 3. The second-order valence-corrected chi connectivity index (χ2v) is 4.19. The molecule has 96 valence electrons. The van der Waals surface area contributed by atoms with Crippen molar-refractivity contribution in [1.82, 2.24) is 14.8 Å². The van der Waals surface area contributed by atoms with E-state index in [1.54, 1.807) is 7.11 Å². The summed E-state index contributed by atoms with van der Waals surface area (Å²) >= 11 is 5.19. The molecule has 0 spiro atoms. The molecule has 0 aliphatic rings. The molecule has 1 aromatic carbocycles. The number of H-pyrrole nitrogens is 1. The van der Waals surface area contributed by atoms with E-state index in [9.17, 15) is 0 Å². The first-order valence-corrected chi connectivity index (χ1v) is 6.11. The smallest absolute Gasteiger partial charge is 0.230 e. The van der Waals surface area contributed by atoms with E-state index in [2.05, 4.69) is 10.2 Å². The lowest BCUT2D eigenvalue weighted by Crippen LogP contribution is -2.16. The van der Waals surface area contributed by atoms with Crippen LogP contribution in [0.4, 0.5) is 11.6 Å². The van der Waals surface area contributed by atoms with E-state index >= 15 is 0 Å². The summed E-state index contributed by atoms with van der Waals surface area (Å²) in [6.07, 6.45) is 0. The van der Waals surface area contributed by atoms with Crippen LogP contribution in [0, 0.1) is 4.77 Å². The largest absolute Gasteiger partial charge is 0.495 e. The lowest BCUT2D eigenvalue weighted by Gasteiger charge is -2.20. The van der Waals surface area contributed by atoms with E-state index in [0.29, 0.717) is 4.77 Å². The van der Waals surface area contributed by atoms with Gasteiger partial charge >= 0.3 is 0 Å². The molecule has 0 aliphatic carbocycles. The van der Waals surface area contributed by atoms with Gasteiger partial charge in [-0.25, -0.2) is 5.10 Å². The summed E-state index contributed by atoms with van der Waals surface area (Å²) in [6, 6.07) is 7.80. The zero-order chi connectivity index (χ0) is 13.1. The minimum Gasteiger partial charge on any atom is -0.495 e. The number of aromatic nitrogens is 3. The molecule has 18 heavy (non-hydrogen) atoms. The van der Waals surface area contributed by atoms with E-state index in [1.807, 2.05) is 47.7 Å². The number of hydrogen-bond donors (Lipinski definition) is 1. The molecule has 0 amide bonds. The molecule has 0 radical (unpaired) electrons. The topological polar surface area (TPSA) is 46.1 Å². The van der Waals surface area contributed by atoms with Crippen molar-refractivity contribution < 1.29 is 4.74 Å². The van der Waals surface area contributed by atoms with E-state index in [1.165, 1.54) is 0 Å². The molecular formula is C12H16N4OS. The van der Waals surface area contributed by atoms with E-state index in [4.69, 9.17) is 17.0 Å². The Bertz CT molecular complexity index is 590. The maximum Gasteiger partial charge on any atom is 0.230 e. The summed E-state index contributed by atoms with van der Waals surface area (Å²) in [5.74, 6) is 1.57. The van der Waals surface area contributed by atoms with Crippen LogP contribution in [0.5, 0.6) is 5.75 Å². The van der Waals surface area contributed by atoms with Crippen molar-refractivity contribution in [3.63, 3.8) is 0 Å². The molecule has 1 N–H and O–H groups in total. The first-order valence-electron chi connectivity index (χ1n) is 5.71. The number of anilines is 2. The maximum absolute atomic E-state index is 5.35. The first kappa shape index (κ1) is 12.6. The molecule has 0 aliphatic heterocycles. The summed E-state index contributed by atoms with van der Waals surface area (Å²) in [4.78, 5) is 1.95. The highest BCUT2D eigenvalue weighted by molar-refractivity contribution is 7.71. The molecule has 0 atom stereocenters. The van der Waals surface area contributed by atoms with Gasteiger partial charge in [-0.15, -0.1) is 5.10 Å². The second-order valence-electron chi connectivity index (χ2n) is 3.80. The Morgan fingerprint density at radius 2 is 2.17 bits per heavy atom. The van der Waals surface area contributed by atoms with Gasteiger partial charge in [0.2, 0.25) is 5.95 Å². The van der Waals surface area contributed by atoms with Crippen LogP contribution in [-0.4, -0.2) is 28.9 Å². The summed E-state index contributed by atoms with van der Waals surface area (Å²) in [6.45, 7) is 2.80. The summed E-state index contributed by atoms with van der Waals surface area (Å²) < 4.78 is 7.91. The zero-order valence-corrected chi connectivity index (χ0v) is 11.5. The Morgan fingerprint density at radius 3 is 2.83 bits per heavy atom. The number of para-hydroxylation sites is 2. The molecule has 1 heterocycles. The van der Waals surface area contributed by atoms with E-state index < -0.39 is 0 Å². The fourth-order valence-corrected chi connectivity index (χ4v) is 2.12. The molecule has 2 aromatic rings. The van der Waals surface area contributed by atoms with Gasteiger partial charge in [-0.3, -0.25) is 4.57 Å². The number of benzene rings is 1. The van der Waals surface area contributed by atoms with Crippen LogP contribution in [0.2, 0.25) is 0 Å². The Kier molecular flexibility index (Phi) is 3.66. The number of nitrogens with one attached hydrogen (secondary N) is 1. The SMILES string of the molecule is CCn1c(N(C)c2ccccc2OC)n[nH]c1=S. The number of rotatable bonds is 4. The van der Waals surface area contributed by atoms with Gasteiger partial charge in [0, 0.05) is 13.6 Å². The lowest BCUT2D eigenvalue weighted by atomic mass is 10.3. The molecule has 0 saturated heterocycles. The van der Waals surface area contributed by atoms with Crippen LogP contribution in [0.3, 0.4) is 0 Å². The molecule has 0 fully saturated rings. The third-order valence-corrected chi connectivity index (χ3v) is 3.11. The van der Waals surface area contributed by atoms with Gasteiger partial charge in [-0.1, -0.05) is 12.1 Å². The van der Waals surface area contributed by atoms with Crippen molar-refractivity contribution in [2.75, 3.05) is 19.1 Å². The van der Waals surface area contributed by atoms with Crippen LogP contribution in [-0.2, 0) is 6.54 Å². The Hall–Kier alpha value is -1.82. The number of hydrogen-bond acceptors (Lipinski definition) is 4. The third-order valence-electron chi connectivity index (χ3n) is 2.80. The highest BCUT2D eigenvalue weighted by Crippen LogP contribution is 2.30. The van der Waals surface area contributed by atoms with Crippen LogP contribution in [0.15, 0.2) is 24.3 Å².